The zero-order valence-electron chi connectivity index (χ0n) is 12.7. The van der Waals surface area contributed by atoms with Gasteiger partial charge in [0, 0.05) is 19.1 Å². The van der Waals surface area contributed by atoms with Crippen molar-refractivity contribution in [2.45, 2.75) is 51.6 Å². The highest BCUT2D eigenvalue weighted by molar-refractivity contribution is 5.28. The Hall–Kier alpha value is -1.06. The molecular weight excluding hydrogens is 248 g/mol. The summed E-state index contributed by atoms with van der Waals surface area (Å²) in [6.07, 6.45) is 6.49. The molecule has 0 heterocycles. The Kier molecular flexibility index (Phi) is 6.34. The molecule has 20 heavy (non-hydrogen) atoms. The van der Waals surface area contributed by atoms with E-state index in [1.807, 2.05) is 24.3 Å². The summed E-state index contributed by atoms with van der Waals surface area (Å²) in [7, 11) is 0. The van der Waals surface area contributed by atoms with Crippen molar-refractivity contribution in [1.29, 1.82) is 0 Å². The Bertz CT molecular complexity index is 390. The molecule has 0 saturated heterocycles. The van der Waals surface area contributed by atoms with Crippen LogP contribution in [0.4, 0.5) is 0 Å². The lowest BCUT2D eigenvalue weighted by molar-refractivity contribution is 0.224. The summed E-state index contributed by atoms with van der Waals surface area (Å²) in [5.74, 6) is 0.944. The first-order valence-corrected chi connectivity index (χ1v) is 7.99. The first-order chi connectivity index (χ1) is 9.83. The third-order valence-electron chi connectivity index (χ3n) is 3.85. The lowest BCUT2D eigenvalue weighted by Gasteiger charge is -2.21. The van der Waals surface area contributed by atoms with Crippen LogP contribution in [0, 0.1) is 0 Å². The molecule has 1 saturated carbocycles. The number of unbranched alkanes of at least 4 members (excludes halogenated alkanes) is 1. The molecule has 0 radical (unpaired) electrons. The number of hydrogen-bond donors (Lipinski definition) is 1. The summed E-state index contributed by atoms with van der Waals surface area (Å²) in [4.78, 5) is 2.64. The van der Waals surface area contributed by atoms with Gasteiger partial charge in [-0.3, -0.25) is 0 Å². The predicted molar refractivity (Wildman–Crippen MR) is 83.9 cm³/mol. The summed E-state index contributed by atoms with van der Waals surface area (Å²) in [5, 5.41) is 0. The molecule has 0 unspecified atom stereocenters. The van der Waals surface area contributed by atoms with Crippen molar-refractivity contribution in [1.82, 2.24) is 4.90 Å². The van der Waals surface area contributed by atoms with Crippen molar-refractivity contribution in [2.75, 3.05) is 19.7 Å². The van der Waals surface area contributed by atoms with E-state index in [2.05, 4.69) is 11.8 Å². The average molecular weight is 276 g/mol. The zero-order chi connectivity index (χ0) is 14.2. The molecule has 0 spiro atoms. The van der Waals surface area contributed by atoms with Gasteiger partial charge in [0.2, 0.25) is 0 Å². The van der Waals surface area contributed by atoms with Crippen LogP contribution < -0.4 is 10.5 Å². The standard InChI is InChI=1S/C17H28N2O/c1-2-3-10-19(16-8-9-16)11-5-12-20-17-7-4-6-15(13-17)14-18/h4,6-7,13,16H,2-3,5,8-12,14,18H2,1H3. The van der Waals surface area contributed by atoms with E-state index in [0.29, 0.717) is 6.54 Å². The largest absolute Gasteiger partial charge is 0.494 e. The normalized spacial score (nSPS) is 14.8. The van der Waals surface area contributed by atoms with E-state index in [1.165, 1.54) is 38.8 Å². The fourth-order valence-electron chi connectivity index (χ4n) is 2.50. The molecule has 1 fully saturated rings. The third kappa shape index (κ3) is 5.14. The van der Waals surface area contributed by atoms with Crippen molar-refractivity contribution in [3.63, 3.8) is 0 Å². The first kappa shape index (κ1) is 15.3. The maximum absolute atomic E-state index is 5.82. The lowest BCUT2D eigenvalue weighted by atomic mass is 10.2. The Balaban J connectivity index is 1.66. The second-order valence-corrected chi connectivity index (χ2v) is 5.67. The van der Waals surface area contributed by atoms with Gasteiger partial charge in [0.25, 0.3) is 0 Å². The summed E-state index contributed by atoms with van der Waals surface area (Å²) < 4.78 is 5.82. The Labute approximate surface area is 123 Å². The molecule has 0 amide bonds. The van der Waals surface area contributed by atoms with Gasteiger partial charge in [-0.25, -0.2) is 0 Å². The van der Waals surface area contributed by atoms with Crippen molar-refractivity contribution in [3.8, 4) is 5.75 Å². The number of rotatable bonds is 10. The zero-order valence-corrected chi connectivity index (χ0v) is 12.7. The summed E-state index contributed by atoms with van der Waals surface area (Å²) in [5.41, 5.74) is 6.77. The molecule has 0 atom stereocenters. The van der Waals surface area contributed by atoms with Crippen molar-refractivity contribution in [3.05, 3.63) is 29.8 Å². The quantitative estimate of drug-likeness (QED) is 0.667. The highest BCUT2D eigenvalue weighted by Gasteiger charge is 2.27. The van der Waals surface area contributed by atoms with Gasteiger partial charge in [0.1, 0.15) is 5.75 Å². The second-order valence-electron chi connectivity index (χ2n) is 5.67. The molecule has 112 valence electrons. The summed E-state index contributed by atoms with van der Waals surface area (Å²) in [6.45, 7) is 6.05. The number of hydrogen-bond acceptors (Lipinski definition) is 3. The van der Waals surface area contributed by atoms with Crippen molar-refractivity contribution in [2.24, 2.45) is 5.73 Å². The predicted octanol–water partition coefficient (Wildman–Crippen LogP) is 3.18. The van der Waals surface area contributed by atoms with Crippen LogP contribution in [-0.2, 0) is 6.54 Å². The third-order valence-corrected chi connectivity index (χ3v) is 3.85. The molecule has 1 aromatic rings. The van der Waals surface area contributed by atoms with Crippen LogP contribution in [0.2, 0.25) is 0 Å². The van der Waals surface area contributed by atoms with Crippen LogP contribution in [0.5, 0.6) is 5.75 Å². The van der Waals surface area contributed by atoms with Crippen LogP contribution in [0.15, 0.2) is 24.3 Å². The minimum Gasteiger partial charge on any atom is -0.494 e. The van der Waals surface area contributed by atoms with Gasteiger partial charge >= 0.3 is 0 Å². The molecule has 3 heteroatoms. The SMILES string of the molecule is CCCCN(CCCOc1cccc(CN)c1)C1CC1. The van der Waals surface area contributed by atoms with Crippen molar-refractivity contribution >= 4 is 0 Å². The van der Waals surface area contributed by atoms with Gasteiger partial charge in [-0.1, -0.05) is 25.5 Å². The van der Waals surface area contributed by atoms with E-state index in [-0.39, 0.29) is 0 Å². The summed E-state index contributed by atoms with van der Waals surface area (Å²) >= 11 is 0. The Morgan fingerprint density at radius 1 is 1.25 bits per heavy atom. The van der Waals surface area contributed by atoms with E-state index >= 15 is 0 Å². The van der Waals surface area contributed by atoms with Crippen LogP contribution >= 0.6 is 0 Å². The number of benzene rings is 1. The molecule has 2 rings (SSSR count). The van der Waals surface area contributed by atoms with Gasteiger partial charge in [-0.15, -0.1) is 0 Å². The van der Waals surface area contributed by atoms with E-state index in [0.717, 1.165) is 30.4 Å². The molecule has 0 aromatic heterocycles. The van der Waals surface area contributed by atoms with Gasteiger partial charge in [0.15, 0.2) is 0 Å². The monoisotopic (exact) mass is 276 g/mol. The van der Waals surface area contributed by atoms with E-state index < -0.39 is 0 Å². The fourth-order valence-corrected chi connectivity index (χ4v) is 2.50. The van der Waals surface area contributed by atoms with E-state index in [4.69, 9.17) is 10.5 Å². The molecule has 1 aliphatic rings. The lowest BCUT2D eigenvalue weighted by Crippen LogP contribution is -2.29. The number of nitrogens with two attached hydrogens (primary N) is 1. The topological polar surface area (TPSA) is 38.5 Å². The van der Waals surface area contributed by atoms with Crippen LogP contribution in [-0.4, -0.2) is 30.6 Å². The van der Waals surface area contributed by atoms with Gasteiger partial charge in [-0.2, -0.15) is 0 Å². The maximum Gasteiger partial charge on any atom is 0.119 e. The second kappa shape index (κ2) is 8.28. The minimum absolute atomic E-state index is 0.573. The fraction of sp³-hybridized carbons (Fsp3) is 0.647. The van der Waals surface area contributed by atoms with Crippen LogP contribution in [0.3, 0.4) is 0 Å². The molecule has 1 aromatic carbocycles. The Morgan fingerprint density at radius 3 is 2.75 bits per heavy atom. The highest BCUT2D eigenvalue weighted by atomic mass is 16.5. The first-order valence-electron chi connectivity index (χ1n) is 7.99. The number of ether oxygens (including phenoxy) is 1. The van der Waals surface area contributed by atoms with Gasteiger partial charge in [-0.05, 0) is 49.9 Å². The summed E-state index contributed by atoms with van der Waals surface area (Å²) in [6, 6.07) is 8.95. The molecular formula is C17H28N2O. The molecule has 1 aliphatic carbocycles. The highest BCUT2D eigenvalue weighted by Crippen LogP contribution is 2.27. The van der Waals surface area contributed by atoms with E-state index in [1.54, 1.807) is 0 Å². The van der Waals surface area contributed by atoms with Gasteiger partial charge in [0.05, 0.1) is 6.61 Å². The molecule has 2 N–H and O–H groups in total. The molecule has 0 aliphatic heterocycles. The smallest absolute Gasteiger partial charge is 0.119 e. The molecule has 0 bridgehead atoms. The molecule has 3 nitrogen and oxygen atoms in total. The maximum atomic E-state index is 5.82. The average Bonchev–Trinajstić information content (AvgIpc) is 3.31. The van der Waals surface area contributed by atoms with Gasteiger partial charge < -0.3 is 15.4 Å². The van der Waals surface area contributed by atoms with Crippen molar-refractivity contribution < 1.29 is 4.74 Å². The Morgan fingerprint density at radius 2 is 2.05 bits per heavy atom. The van der Waals surface area contributed by atoms with Crippen LogP contribution in [0.1, 0.15) is 44.6 Å². The van der Waals surface area contributed by atoms with Crippen LogP contribution in [0.25, 0.3) is 0 Å². The number of nitrogens with zero attached hydrogens (tertiary/aromatic N) is 1. The minimum atomic E-state index is 0.573. The van der Waals surface area contributed by atoms with E-state index in [9.17, 15) is 0 Å².